The molecule has 1 aromatic rings. The van der Waals surface area contributed by atoms with Gasteiger partial charge in [0.25, 0.3) is 5.56 Å². The van der Waals surface area contributed by atoms with E-state index in [1.165, 1.54) is 30.4 Å². The highest BCUT2D eigenvalue weighted by Gasteiger charge is 2.21. The summed E-state index contributed by atoms with van der Waals surface area (Å²) in [6.07, 6.45) is 6.82. The molecule has 2 atom stereocenters. The summed E-state index contributed by atoms with van der Waals surface area (Å²) in [5.74, 6) is 1.41. The van der Waals surface area contributed by atoms with Gasteiger partial charge in [0, 0.05) is 13.6 Å². The van der Waals surface area contributed by atoms with Crippen LogP contribution in [0.3, 0.4) is 0 Å². The molecule has 1 saturated carbocycles. The van der Waals surface area contributed by atoms with Gasteiger partial charge < -0.3 is 5.32 Å². The minimum absolute atomic E-state index is 0.232. The standard InChI is InChI=1S/C13H20ClN3O/c1-9-5-3-4-6-10(9)7-15-11-8-16-17(2)13(18)12(11)14/h8-10,15H,3-7H2,1-2H3. The van der Waals surface area contributed by atoms with Gasteiger partial charge in [0.05, 0.1) is 11.9 Å². The third-order valence-corrected chi connectivity index (χ3v) is 4.29. The molecule has 18 heavy (non-hydrogen) atoms. The molecule has 0 amide bonds. The number of aromatic nitrogens is 2. The first-order chi connectivity index (χ1) is 8.59. The van der Waals surface area contributed by atoms with E-state index in [-0.39, 0.29) is 10.6 Å². The maximum atomic E-state index is 11.6. The quantitative estimate of drug-likeness (QED) is 0.918. The molecule has 5 heteroatoms. The van der Waals surface area contributed by atoms with E-state index < -0.39 is 0 Å². The highest BCUT2D eigenvalue weighted by molar-refractivity contribution is 6.32. The van der Waals surface area contributed by atoms with E-state index >= 15 is 0 Å². The van der Waals surface area contributed by atoms with Crippen LogP contribution < -0.4 is 10.9 Å². The van der Waals surface area contributed by atoms with E-state index in [4.69, 9.17) is 11.6 Å². The normalized spacial score (nSPS) is 23.9. The molecule has 1 aliphatic carbocycles. The van der Waals surface area contributed by atoms with Crippen molar-refractivity contribution >= 4 is 17.3 Å². The topological polar surface area (TPSA) is 46.9 Å². The van der Waals surface area contributed by atoms with Gasteiger partial charge in [0.2, 0.25) is 0 Å². The predicted octanol–water partition coefficient (Wildman–Crippen LogP) is 2.67. The Hall–Kier alpha value is -1.03. The average molecular weight is 270 g/mol. The van der Waals surface area contributed by atoms with Crippen LogP contribution in [-0.2, 0) is 7.05 Å². The molecule has 0 saturated heterocycles. The van der Waals surface area contributed by atoms with Crippen LogP contribution in [-0.4, -0.2) is 16.3 Å². The van der Waals surface area contributed by atoms with Gasteiger partial charge in [-0.1, -0.05) is 37.8 Å². The zero-order chi connectivity index (χ0) is 13.1. The average Bonchev–Trinajstić information content (AvgIpc) is 2.37. The first-order valence-corrected chi connectivity index (χ1v) is 6.93. The summed E-state index contributed by atoms with van der Waals surface area (Å²) in [4.78, 5) is 11.6. The van der Waals surface area contributed by atoms with Gasteiger partial charge in [-0.05, 0) is 18.3 Å². The Morgan fingerprint density at radius 2 is 2.22 bits per heavy atom. The number of aryl methyl sites for hydroxylation is 1. The van der Waals surface area contributed by atoms with Crippen molar-refractivity contribution in [3.05, 3.63) is 21.6 Å². The van der Waals surface area contributed by atoms with Gasteiger partial charge in [0.15, 0.2) is 0 Å². The monoisotopic (exact) mass is 269 g/mol. The Bertz CT molecular complexity index is 472. The Morgan fingerprint density at radius 3 is 2.94 bits per heavy atom. The van der Waals surface area contributed by atoms with E-state index in [1.807, 2.05) is 0 Å². The van der Waals surface area contributed by atoms with Crippen LogP contribution in [0.25, 0.3) is 0 Å². The predicted molar refractivity (Wildman–Crippen MR) is 74.1 cm³/mol. The molecule has 1 aromatic heterocycles. The van der Waals surface area contributed by atoms with Crippen molar-refractivity contribution in [2.45, 2.75) is 32.6 Å². The summed E-state index contributed by atoms with van der Waals surface area (Å²) >= 11 is 6.02. The molecule has 1 fully saturated rings. The molecule has 2 rings (SSSR count). The van der Waals surface area contributed by atoms with E-state index in [9.17, 15) is 4.79 Å². The summed E-state index contributed by atoms with van der Waals surface area (Å²) < 4.78 is 1.25. The third-order valence-electron chi connectivity index (χ3n) is 3.92. The zero-order valence-corrected chi connectivity index (χ0v) is 11.7. The number of anilines is 1. The number of nitrogens with one attached hydrogen (secondary N) is 1. The molecule has 0 aliphatic heterocycles. The first-order valence-electron chi connectivity index (χ1n) is 6.55. The molecular weight excluding hydrogens is 250 g/mol. The Morgan fingerprint density at radius 1 is 1.50 bits per heavy atom. The molecule has 0 spiro atoms. The summed E-state index contributed by atoms with van der Waals surface area (Å²) in [7, 11) is 1.60. The lowest BCUT2D eigenvalue weighted by Gasteiger charge is -2.29. The van der Waals surface area contributed by atoms with Crippen molar-refractivity contribution in [3.63, 3.8) is 0 Å². The number of hydrogen-bond acceptors (Lipinski definition) is 3. The van der Waals surface area contributed by atoms with Crippen LogP contribution in [0.5, 0.6) is 0 Å². The van der Waals surface area contributed by atoms with Crippen LogP contribution in [0, 0.1) is 11.8 Å². The smallest absolute Gasteiger partial charge is 0.287 e. The SMILES string of the molecule is CC1CCCCC1CNc1cnn(C)c(=O)c1Cl. The van der Waals surface area contributed by atoms with Crippen LogP contribution in [0.2, 0.25) is 5.02 Å². The van der Waals surface area contributed by atoms with Gasteiger partial charge >= 0.3 is 0 Å². The molecule has 1 aliphatic rings. The van der Waals surface area contributed by atoms with Crippen molar-refractivity contribution < 1.29 is 0 Å². The van der Waals surface area contributed by atoms with E-state index in [2.05, 4.69) is 17.3 Å². The second kappa shape index (κ2) is 5.74. The number of nitrogens with zero attached hydrogens (tertiary/aromatic N) is 2. The van der Waals surface area contributed by atoms with Crippen molar-refractivity contribution in [1.29, 1.82) is 0 Å². The van der Waals surface area contributed by atoms with E-state index in [0.717, 1.165) is 12.5 Å². The van der Waals surface area contributed by atoms with Crippen LogP contribution in [0.1, 0.15) is 32.6 Å². The van der Waals surface area contributed by atoms with Crippen LogP contribution in [0.4, 0.5) is 5.69 Å². The lowest BCUT2D eigenvalue weighted by atomic mass is 9.80. The van der Waals surface area contributed by atoms with Crippen LogP contribution in [0.15, 0.2) is 11.0 Å². The second-order valence-corrected chi connectivity index (χ2v) is 5.58. The molecule has 4 nitrogen and oxygen atoms in total. The maximum absolute atomic E-state index is 11.6. The number of halogens is 1. The van der Waals surface area contributed by atoms with Crippen molar-refractivity contribution in [1.82, 2.24) is 9.78 Å². The van der Waals surface area contributed by atoms with Crippen molar-refractivity contribution in [3.8, 4) is 0 Å². The van der Waals surface area contributed by atoms with Gasteiger partial charge in [-0.3, -0.25) is 4.79 Å². The van der Waals surface area contributed by atoms with Crippen molar-refractivity contribution in [2.75, 3.05) is 11.9 Å². The zero-order valence-electron chi connectivity index (χ0n) is 10.9. The van der Waals surface area contributed by atoms with Crippen molar-refractivity contribution in [2.24, 2.45) is 18.9 Å². The maximum Gasteiger partial charge on any atom is 0.287 e. The van der Waals surface area contributed by atoms with Crippen LogP contribution >= 0.6 is 11.6 Å². The van der Waals surface area contributed by atoms with Gasteiger partial charge in [-0.25, -0.2) is 4.68 Å². The molecule has 0 bridgehead atoms. The molecule has 0 aromatic carbocycles. The largest absolute Gasteiger partial charge is 0.382 e. The highest BCUT2D eigenvalue weighted by Crippen LogP contribution is 2.30. The van der Waals surface area contributed by atoms with E-state index in [1.54, 1.807) is 13.2 Å². The molecular formula is C13H20ClN3O. The van der Waals surface area contributed by atoms with Gasteiger partial charge in [-0.2, -0.15) is 5.10 Å². The molecule has 0 radical (unpaired) electrons. The molecule has 2 unspecified atom stereocenters. The summed E-state index contributed by atoms with van der Waals surface area (Å²) in [6.45, 7) is 3.17. The molecule has 1 N–H and O–H groups in total. The second-order valence-electron chi connectivity index (χ2n) is 5.20. The summed E-state index contributed by atoms with van der Waals surface area (Å²) in [6, 6.07) is 0. The fourth-order valence-electron chi connectivity index (χ4n) is 2.57. The van der Waals surface area contributed by atoms with E-state index in [0.29, 0.717) is 11.6 Å². The molecule has 100 valence electrons. The number of hydrogen-bond donors (Lipinski definition) is 1. The summed E-state index contributed by atoms with van der Waals surface area (Å²) in [5, 5.41) is 7.49. The Kier molecular flexibility index (Phi) is 4.27. The Labute approximate surface area is 112 Å². The first kappa shape index (κ1) is 13.4. The summed E-state index contributed by atoms with van der Waals surface area (Å²) in [5.41, 5.74) is 0.399. The lowest BCUT2D eigenvalue weighted by Crippen LogP contribution is -2.26. The minimum atomic E-state index is -0.252. The lowest BCUT2D eigenvalue weighted by molar-refractivity contribution is 0.268. The molecule has 1 heterocycles. The van der Waals surface area contributed by atoms with Gasteiger partial charge in [0.1, 0.15) is 5.02 Å². The number of rotatable bonds is 3. The third kappa shape index (κ3) is 2.86. The highest BCUT2D eigenvalue weighted by atomic mass is 35.5. The Balaban J connectivity index is 2.02. The fraction of sp³-hybridized carbons (Fsp3) is 0.692. The fourth-order valence-corrected chi connectivity index (χ4v) is 2.81. The van der Waals surface area contributed by atoms with Gasteiger partial charge in [-0.15, -0.1) is 0 Å². The minimum Gasteiger partial charge on any atom is -0.382 e.